The number of carbonyl (C=O) groups is 2. The maximum Gasteiger partial charge on any atom is 0.408 e. The molecule has 180 valence electrons. The third-order valence-corrected chi connectivity index (χ3v) is 5.22. The minimum absolute atomic E-state index is 0.0818. The van der Waals surface area contributed by atoms with Crippen molar-refractivity contribution in [2.75, 3.05) is 5.73 Å². The van der Waals surface area contributed by atoms with E-state index in [1.165, 1.54) is 0 Å². The third-order valence-electron chi connectivity index (χ3n) is 5.22. The van der Waals surface area contributed by atoms with E-state index in [0.29, 0.717) is 23.3 Å². The van der Waals surface area contributed by atoms with Gasteiger partial charge in [-0.25, -0.2) is 14.6 Å². The predicted molar refractivity (Wildman–Crippen MR) is 133 cm³/mol. The highest BCUT2D eigenvalue weighted by Gasteiger charge is 2.47. The van der Waals surface area contributed by atoms with Gasteiger partial charge in [0.2, 0.25) is 0 Å². The van der Waals surface area contributed by atoms with Crippen LogP contribution in [0.5, 0.6) is 0 Å². The topological polar surface area (TPSA) is 104 Å². The Morgan fingerprint density at radius 2 is 1.74 bits per heavy atom. The number of carbonyl (C=O) groups excluding carboxylic acids is 2. The fourth-order valence-corrected chi connectivity index (χ4v) is 3.91. The quantitative estimate of drug-likeness (QED) is 0.459. The Hall–Kier alpha value is -3.61. The van der Waals surface area contributed by atoms with Gasteiger partial charge in [0.15, 0.2) is 5.54 Å². The number of amides is 1. The molecule has 0 saturated heterocycles. The number of nitrogens with one attached hydrogen (secondary N) is 1. The number of pyridine rings is 1. The van der Waals surface area contributed by atoms with Crippen LogP contribution in [0.1, 0.15) is 52.2 Å². The number of anilines is 1. The summed E-state index contributed by atoms with van der Waals surface area (Å²) in [5.74, 6) is -0.139. The van der Waals surface area contributed by atoms with Crippen molar-refractivity contribution in [1.29, 1.82) is 0 Å². The zero-order valence-corrected chi connectivity index (χ0v) is 20.4. The van der Waals surface area contributed by atoms with Gasteiger partial charge in [0, 0.05) is 5.39 Å². The number of esters is 1. The number of hydrogen-bond acceptors (Lipinski definition) is 6. The molecule has 0 aliphatic rings. The smallest absolute Gasteiger partial charge is 0.408 e. The number of hydrogen-bond donors (Lipinski definition) is 2. The van der Waals surface area contributed by atoms with Crippen LogP contribution in [-0.4, -0.2) is 23.2 Å². The van der Waals surface area contributed by atoms with Crippen LogP contribution < -0.4 is 11.1 Å². The summed E-state index contributed by atoms with van der Waals surface area (Å²) < 4.78 is 11.2. The first-order chi connectivity index (χ1) is 16.0. The molecule has 1 heterocycles. The normalized spacial score (nSPS) is 13.4. The second-order valence-corrected chi connectivity index (χ2v) is 9.93. The number of nitrogen functional groups attached to an aromatic ring is 1. The van der Waals surface area contributed by atoms with E-state index < -0.39 is 17.6 Å². The van der Waals surface area contributed by atoms with Crippen LogP contribution in [0.25, 0.3) is 10.9 Å². The summed E-state index contributed by atoms with van der Waals surface area (Å²) in [6.07, 6.45) is -0.778. The Balaban J connectivity index is 2.04. The van der Waals surface area contributed by atoms with Gasteiger partial charge in [0.1, 0.15) is 12.4 Å². The lowest BCUT2D eigenvalue weighted by atomic mass is 9.75. The molecule has 0 spiro atoms. The second kappa shape index (κ2) is 10.1. The number of rotatable bonds is 7. The minimum atomic E-state index is -1.47. The molecule has 0 aliphatic heterocycles. The van der Waals surface area contributed by atoms with E-state index >= 15 is 0 Å². The van der Waals surface area contributed by atoms with E-state index in [0.717, 1.165) is 10.9 Å². The first-order valence-corrected chi connectivity index (χ1v) is 11.4. The van der Waals surface area contributed by atoms with Crippen molar-refractivity contribution in [3.05, 3.63) is 71.8 Å². The van der Waals surface area contributed by atoms with E-state index in [9.17, 15) is 9.59 Å². The van der Waals surface area contributed by atoms with E-state index in [1.54, 1.807) is 32.0 Å². The number of alkyl carbamates (subject to hydrolysis) is 1. The Labute approximate surface area is 200 Å². The molecule has 0 bridgehead atoms. The summed E-state index contributed by atoms with van der Waals surface area (Å²) in [6, 6.07) is 18.3. The zero-order valence-electron chi connectivity index (χ0n) is 20.4. The summed E-state index contributed by atoms with van der Waals surface area (Å²) in [4.78, 5) is 31.0. The first-order valence-electron chi connectivity index (χ1n) is 11.4. The van der Waals surface area contributed by atoms with Gasteiger partial charge in [-0.3, -0.25) is 0 Å². The van der Waals surface area contributed by atoms with E-state index in [-0.39, 0.29) is 18.1 Å². The van der Waals surface area contributed by atoms with Crippen LogP contribution in [0.2, 0.25) is 0 Å². The lowest BCUT2D eigenvalue weighted by Gasteiger charge is -2.38. The van der Waals surface area contributed by atoms with Crippen LogP contribution >= 0.6 is 0 Å². The van der Waals surface area contributed by atoms with Crippen molar-refractivity contribution in [3.8, 4) is 0 Å². The van der Waals surface area contributed by atoms with E-state index in [1.807, 2.05) is 63.2 Å². The van der Waals surface area contributed by atoms with Gasteiger partial charge in [-0.2, -0.15) is 0 Å². The Morgan fingerprint density at radius 3 is 2.38 bits per heavy atom. The van der Waals surface area contributed by atoms with Crippen LogP contribution in [0.15, 0.2) is 60.7 Å². The monoisotopic (exact) mass is 463 g/mol. The molecule has 3 aromatic rings. The van der Waals surface area contributed by atoms with Crippen molar-refractivity contribution in [1.82, 2.24) is 10.3 Å². The molecule has 34 heavy (non-hydrogen) atoms. The van der Waals surface area contributed by atoms with Gasteiger partial charge in [0.25, 0.3) is 0 Å². The molecule has 0 saturated carbocycles. The minimum Gasteiger partial charge on any atom is -0.461 e. The average molecular weight is 464 g/mol. The fourth-order valence-electron chi connectivity index (χ4n) is 3.91. The van der Waals surface area contributed by atoms with Crippen molar-refractivity contribution in [2.24, 2.45) is 5.41 Å². The van der Waals surface area contributed by atoms with Crippen molar-refractivity contribution in [3.63, 3.8) is 0 Å². The van der Waals surface area contributed by atoms with Gasteiger partial charge in [-0.1, -0.05) is 57.2 Å². The Kier molecular flexibility index (Phi) is 7.44. The lowest BCUT2D eigenvalue weighted by Crippen LogP contribution is -2.55. The highest BCUT2D eigenvalue weighted by Crippen LogP contribution is 2.38. The van der Waals surface area contributed by atoms with Crippen LogP contribution in [-0.2, 0) is 26.4 Å². The molecule has 1 amide bonds. The number of fused-ring (bicyclic) bond motifs is 1. The maximum atomic E-state index is 13.6. The predicted octanol–water partition coefficient (Wildman–Crippen LogP) is 5.33. The molecule has 1 unspecified atom stereocenters. The van der Waals surface area contributed by atoms with Crippen molar-refractivity contribution < 1.29 is 19.1 Å². The largest absolute Gasteiger partial charge is 0.461 e. The lowest BCUT2D eigenvalue weighted by molar-refractivity contribution is -0.157. The molecule has 0 radical (unpaired) electrons. The summed E-state index contributed by atoms with van der Waals surface area (Å²) >= 11 is 0. The van der Waals surface area contributed by atoms with E-state index in [4.69, 9.17) is 15.2 Å². The highest BCUT2D eigenvalue weighted by molar-refractivity contribution is 5.90. The van der Waals surface area contributed by atoms with Gasteiger partial charge < -0.3 is 20.5 Å². The van der Waals surface area contributed by atoms with Gasteiger partial charge >= 0.3 is 12.1 Å². The summed E-state index contributed by atoms with van der Waals surface area (Å²) in [5.41, 5.74) is 6.14. The SMILES string of the molecule is CC(C)OC(=O)C(CC(C)(C)C)(NC(=O)OCc1ccccc1)c1ccc2nc(N)ccc2c1. The molecule has 2 aromatic carbocycles. The molecule has 0 fully saturated rings. The molecule has 1 atom stereocenters. The summed E-state index contributed by atoms with van der Waals surface area (Å²) in [6.45, 7) is 9.65. The highest BCUT2D eigenvalue weighted by atomic mass is 16.6. The molecular weight excluding hydrogens is 430 g/mol. The molecule has 1 aromatic heterocycles. The third kappa shape index (κ3) is 6.25. The van der Waals surface area contributed by atoms with E-state index in [2.05, 4.69) is 10.3 Å². The molecule has 7 heteroatoms. The molecule has 0 aliphatic carbocycles. The molecule has 3 N–H and O–H groups in total. The van der Waals surface area contributed by atoms with Crippen LogP contribution in [0, 0.1) is 5.41 Å². The average Bonchev–Trinajstić information content (AvgIpc) is 2.76. The Morgan fingerprint density at radius 1 is 1.03 bits per heavy atom. The number of nitrogens with zero attached hydrogens (tertiary/aromatic N) is 1. The molecule has 7 nitrogen and oxygen atoms in total. The Bertz CT molecular complexity index is 1160. The fraction of sp³-hybridized carbons (Fsp3) is 0.370. The molecular formula is C27H33N3O4. The van der Waals surface area contributed by atoms with Gasteiger partial charge in [0.05, 0.1) is 11.6 Å². The van der Waals surface area contributed by atoms with Crippen LogP contribution in [0.3, 0.4) is 0 Å². The number of benzene rings is 2. The van der Waals surface area contributed by atoms with Crippen LogP contribution in [0.4, 0.5) is 10.6 Å². The first kappa shape index (κ1) is 25.0. The number of ether oxygens (including phenoxy) is 2. The number of nitrogens with two attached hydrogens (primary N) is 1. The summed E-state index contributed by atoms with van der Waals surface area (Å²) in [5, 5.41) is 3.67. The molecule has 3 rings (SSSR count). The van der Waals surface area contributed by atoms with Gasteiger partial charge in [-0.15, -0.1) is 0 Å². The maximum absolute atomic E-state index is 13.6. The second-order valence-electron chi connectivity index (χ2n) is 9.93. The number of aromatic nitrogens is 1. The van der Waals surface area contributed by atoms with Crippen molar-refractivity contribution >= 4 is 28.8 Å². The van der Waals surface area contributed by atoms with Crippen molar-refractivity contribution in [2.45, 2.75) is 59.3 Å². The summed E-state index contributed by atoms with van der Waals surface area (Å²) in [7, 11) is 0. The zero-order chi connectivity index (χ0) is 24.9. The standard InChI is InChI=1S/C27H33N3O4/c1-18(2)34-24(31)27(17-26(3,4)5,30-25(32)33-16-19-9-7-6-8-10-19)21-12-13-22-20(15-21)11-14-23(28)29-22/h6-15,18H,16-17H2,1-5H3,(H2,28,29)(H,30,32). The van der Waals surface area contributed by atoms with Gasteiger partial charge in [-0.05, 0) is 61.1 Å².